The maximum absolute atomic E-state index is 11.7. The Morgan fingerprint density at radius 2 is 1.78 bits per heavy atom. The van der Waals surface area contributed by atoms with Crippen LogP contribution in [0.3, 0.4) is 0 Å². The molecule has 102 valence electrons. The molecule has 0 aliphatic heterocycles. The van der Waals surface area contributed by atoms with Gasteiger partial charge in [-0.1, -0.05) is 12.8 Å². The van der Waals surface area contributed by atoms with Crippen molar-refractivity contribution in [1.29, 1.82) is 0 Å². The fourth-order valence-corrected chi connectivity index (χ4v) is 2.59. The molecule has 18 heavy (non-hydrogen) atoms. The first-order valence-electron chi connectivity index (χ1n) is 6.20. The molecule has 0 unspecified atom stereocenters. The third-order valence-corrected chi connectivity index (χ3v) is 3.42. The molecule has 1 aliphatic rings. The van der Waals surface area contributed by atoms with Crippen molar-refractivity contribution in [3.63, 3.8) is 0 Å². The summed E-state index contributed by atoms with van der Waals surface area (Å²) < 4.78 is 0. The first kappa shape index (κ1) is 14.5. The zero-order valence-corrected chi connectivity index (χ0v) is 10.4. The van der Waals surface area contributed by atoms with Gasteiger partial charge in [-0.25, -0.2) is 0 Å². The van der Waals surface area contributed by atoms with E-state index >= 15 is 0 Å². The van der Waals surface area contributed by atoms with Gasteiger partial charge in [0.15, 0.2) is 0 Å². The SMILES string of the molecule is NC(=O)CCNC(=O)CC1(CC(=O)O)CCCC1. The van der Waals surface area contributed by atoms with Gasteiger partial charge in [-0.15, -0.1) is 0 Å². The van der Waals surface area contributed by atoms with Crippen LogP contribution in [0.5, 0.6) is 0 Å². The highest BCUT2D eigenvalue weighted by Crippen LogP contribution is 2.43. The third-order valence-electron chi connectivity index (χ3n) is 3.42. The monoisotopic (exact) mass is 256 g/mol. The van der Waals surface area contributed by atoms with E-state index < -0.39 is 17.3 Å². The highest BCUT2D eigenvalue weighted by atomic mass is 16.4. The molecule has 0 heterocycles. The Kier molecular flexibility index (Phi) is 5.12. The predicted octanol–water partition coefficient (Wildman–Crippen LogP) is 0.403. The van der Waals surface area contributed by atoms with E-state index in [1.165, 1.54) is 0 Å². The topological polar surface area (TPSA) is 109 Å². The van der Waals surface area contributed by atoms with Crippen LogP contribution in [0, 0.1) is 5.41 Å². The average molecular weight is 256 g/mol. The fourth-order valence-electron chi connectivity index (χ4n) is 2.59. The highest BCUT2D eigenvalue weighted by molar-refractivity contribution is 5.79. The molecule has 1 aliphatic carbocycles. The Labute approximate surface area is 106 Å². The Morgan fingerprint density at radius 3 is 2.28 bits per heavy atom. The van der Waals surface area contributed by atoms with Crippen LogP contribution in [0.25, 0.3) is 0 Å². The number of carboxylic acids is 1. The Morgan fingerprint density at radius 1 is 1.17 bits per heavy atom. The van der Waals surface area contributed by atoms with Crippen molar-refractivity contribution in [3.05, 3.63) is 0 Å². The van der Waals surface area contributed by atoms with Crippen LogP contribution in [0.4, 0.5) is 0 Å². The maximum Gasteiger partial charge on any atom is 0.303 e. The molecular weight excluding hydrogens is 236 g/mol. The summed E-state index contributed by atoms with van der Waals surface area (Å²) in [5.41, 5.74) is 4.57. The maximum atomic E-state index is 11.7. The molecule has 1 saturated carbocycles. The van der Waals surface area contributed by atoms with Gasteiger partial charge in [0.2, 0.25) is 11.8 Å². The van der Waals surface area contributed by atoms with Gasteiger partial charge in [-0.05, 0) is 18.3 Å². The van der Waals surface area contributed by atoms with Gasteiger partial charge in [0.25, 0.3) is 0 Å². The number of hydrogen-bond donors (Lipinski definition) is 3. The van der Waals surface area contributed by atoms with Crippen LogP contribution in [0.2, 0.25) is 0 Å². The molecule has 0 spiro atoms. The van der Waals surface area contributed by atoms with Crippen LogP contribution in [0.15, 0.2) is 0 Å². The van der Waals surface area contributed by atoms with Gasteiger partial charge >= 0.3 is 5.97 Å². The van der Waals surface area contributed by atoms with E-state index in [4.69, 9.17) is 10.8 Å². The number of nitrogens with two attached hydrogens (primary N) is 1. The minimum absolute atomic E-state index is 0.0379. The summed E-state index contributed by atoms with van der Waals surface area (Å²) in [6, 6.07) is 0. The summed E-state index contributed by atoms with van der Waals surface area (Å²) in [6.45, 7) is 0.220. The number of primary amides is 1. The largest absolute Gasteiger partial charge is 0.481 e. The summed E-state index contributed by atoms with van der Waals surface area (Å²) >= 11 is 0. The third kappa shape index (κ3) is 4.73. The Bertz CT molecular complexity index is 335. The molecule has 1 rings (SSSR count). The number of hydrogen-bond acceptors (Lipinski definition) is 3. The first-order valence-corrected chi connectivity index (χ1v) is 6.20. The van der Waals surface area contributed by atoms with Crippen LogP contribution < -0.4 is 11.1 Å². The normalized spacial score (nSPS) is 17.3. The van der Waals surface area contributed by atoms with E-state index in [1.807, 2.05) is 0 Å². The predicted molar refractivity (Wildman–Crippen MR) is 64.6 cm³/mol. The van der Waals surface area contributed by atoms with Crippen LogP contribution in [-0.4, -0.2) is 29.4 Å². The lowest BCUT2D eigenvalue weighted by Crippen LogP contribution is -2.33. The zero-order chi connectivity index (χ0) is 13.6. The molecule has 2 amide bonds. The minimum atomic E-state index is -0.859. The second-order valence-electron chi connectivity index (χ2n) is 5.02. The quantitative estimate of drug-likeness (QED) is 0.612. The molecule has 1 fully saturated rings. The van der Waals surface area contributed by atoms with E-state index in [0.717, 1.165) is 25.7 Å². The Balaban J connectivity index is 2.43. The summed E-state index contributed by atoms with van der Waals surface area (Å²) in [7, 11) is 0. The number of aliphatic carboxylic acids is 1. The van der Waals surface area contributed by atoms with Gasteiger partial charge < -0.3 is 16.2 Å². The van der Waals surface area contributed by atoms with Crippen molar-refractivity contribution in [1.82, 2.24) is 5.32 Å². The van der Waals surface area contributed by atoms with Crippen LogP contribution >= 0.6 is 0 Å². The van der Waals surface area contributed by atoms with Crippen molar-refractivity contribution in [2.24, 2.45) is 11.1 Å². The molecule has 0 bridgehead atoms. The van der Waals surface area contributed by atoms with Gasteiger partial charge in [0, 0.05) is 19.4 Å². The lowest BCUT2D eigenvalue weighted by molar-refractivity contribution is -0.140. The van der Waals surface area contributed by atoms with Crippen molar-refractivity contribution in [3.8, 4) is 0 Å². The number of rotatable bonds is 7. The van der Waals surface area contributed by atoms with Crippen LogP contribution in [0.1, 0.15) is 44.9 Å². The standard InChI is InChI=1S/C12H20N2O4/c13-9(15)3-6-14-10(16)7-12(8-11(17)18)4-1-2-5-12/h1-8H2,(H2,13,15)(H,14,16)(H,17,18). The van der Waals surface area contributed by atoms with Crippen molar-refractivity contribution >= 4 is 17.8 Å². The minimum Gasteiger partial charge on any atom is -0.481 e. The lowest BCUT2D eigenvalue weighted by atomic mass is 9.79. The second-order valence-corrected chi connectivity index (χ2v) is 5.02. The average Bonchev–Trinajstić information content (AvgIpc) is 2.64. The number of carbonyl (C=O) groups excluding carboxylic acids is 2. The van der Waals surface area contributed by atoms with E-state index in [9.17, 15) is 14.4 Å². The van der Waals surface area contributed by atoms with E-state index in [0.29, 0.717) is 0 Å². The van der Waals surface area contributed by atoms with Crippen molar-refractivity contribution < 1.29 is 19.5 Å². The Hall–Kier alpha value is -1.59. The molecule has 0 saturated heterocycles. The number of carbonyl (C=O) groups is 3. The second kappa shape index (κ2) is 6.37. The fraction of sp³-hybridized carbons (Fsp3) is 0.750. The van der Waals surface area contributed by atoms with Gasteiger partial charge in [0.1, 0.15) is 0 Å². The number of amides is 2. The molecule has 0 aromatic rings. The molecule has 0 aromatic carbocycles. The molecule has 0 atom stereocenters. The molecule has 0 aromatic heterocycles. The number of nitrogens with one attached hydrogen (secondary N) is 1. The highest BCUT2D eigenvalue weighted by Gasteiger charge is 2.37. The van der Waals surface area contributed by atoms with Gasteiger partial charge in [-0.3, -0.25) is 14.4 Å². The molecule has 6 heteroatoms. The van der Waals surface area contributed by atoms with E-state index in [1.54, 1.807) is 0 Å². The summed E-state index contributed by atoms with van der Waals surface area (Å²) in [5, 5.41) is 11.5. The summed E-state index contributed by atoms with van der Waals surface area (Å²) in [4.78, 5) is 33.1. The van der Waals surface area contributed by atoms with E-state index in [-0.39, 0.29) is 31.7 Å². The van der Waals surface area contributed by atoms with Crippen molar-refractivity contribution in [2.75, 3.05) is 6.54 Å². The smallest absolute Gasteiger partial charge is 0.303 e. The summed E-state index contributed by atoms with van der Waals surface area (Å²) in [6.07, 6.45) is 3.88. The lowest BCUT2D eigenvalue weighted by Gasteiger charge is -2.26. The van der Waals surface area contributed by atoms with Gasteiger partial charge in [-0.2, -0.15) is 0 Å². The number of carboxylic acid groups (broad SMARTS) is 1. The molecule has 0 radical (unpaired) electrons. The van der Waals surface area contributed by atoms with Crippen LogP contribution in [-0.2, 0) is 14.4 Å². The first-order chi connectivity index (χ1) is 8.43. The molecular formula is C12H20N2O4. The van der Waals surface area contributed by atoms with Gasteiger partial charge in [0.05, 0.1) is 6.42 Å². The molecule has 6 nitrogen and oxygen atoms in total. The molecule has 4 N–H and O–H groups in total. The summed E-state index contributed by atoms with van der Waals surface area (Å²) in [5.74, 6) is -1.52. The zero-order valence-electron chi connectivity index (χ0n) is 10.4. The van der Waals surface area contributed by atoms with E-state index in [2.05, 4.69) is 5.32 Å². The van der Waals surface area contributed by atoms with Crippen molar-refractivity contribution in [2.45, 2.75) is 44.9 Å².